The van der Waals surface area contributed by atoms with Gasteiger partial charge in [-0.25, -0.2) is 9.97 Å². The van der Waals surface area contributed by atoms with Gasteiger partial charge in [0.15, 0.2) is 0 Å². The van der Waals surface area contributed by atoms with Gasteiger partial charge >= 0.3 is 0 Å². The van der Waals surface area contributed by atoms with Crippen LogP contribution in [0.25, 0.3) is 10.9 Å². The summed E-state index contributed by atoms with van der Waals surface area (Å²) in [5.41, 5.74) is 2.01. The predicted octanol–water partition coefficient (Wildman–Crippen LogP) is 2.73. The highest BCUT2D eigenvalue weighted by Gasteiger charge is 2.11. The van der Waals surface area contributed by atoms with E-state index in [1.165, 1.54) is 0 Å². The summed E-state index contributed by atoms with van der Waals surface area (Å²) in [6, 6.07) is 7.95. The average Bonchev–Trinajstić information content (AvgIpc) is 2.98. The number of anilines is 1. The third kappa shape index (κ3) is 2.44. The van der Waals surface area contributed by atoms with Crippen LogP contribution in [-0.4, -0.2) is 27.2 Å². The largest absolute Gasteiger partial charge is 0.355 e. The fourth-order valence-electron chi connectivity index (χ4n) is 2.17. The van der Waals surface area contributed by atoms with Crippen LogP contribution in [0, 0.1) is 0 Å². The molecule has 0 amide bonds. The van der Waals surface area contributed by atoms with Crippen LogP contribution in [0.4, 0.5) is 5.82 Å². The van der Waals surface area contributed by atoms with Crippen molar-refractivity contribution in [3.8, 4) is 0 Å². The highest BCUT2D eigenvalue weighted by Crippen LogP contribution is 2.24. The van der Waals surface area contributed by atoms with Gasteiger partial charge in [-0.15, -0.1) is 11.6 Å². The van der Waals surface area contributed by atoms with Crippen molar-refractivity contribution in [1.82, 2.24) is 20.2 Å². The minimum atomic E-state index is 0.303. The van der Waals surface area contributed by atoms with Crippen LogP contribution in [0.5, 0.6) is 0 Å². The van der Waals surface area contributed by atoms with E-state index in [0.717, 1.165) is 28.8 Å². The molecule has 0 aliphatic heterocycles. The molecule has 102 valence electrons. The van der Waals surface area contributed by atoms with Crippen LogP contribution in [0.3, 0.4) is 0 Å². The Morgan fingerprint density at radius 2 is 2.10 bits per heavy atom. The first-order valence-electron chi connectivity index (χ1n) is 6.28. The van der Waals surface area contributed by atoms with Gasteiger partial charge in [-0.05, 0) is 12.1 Å². The van der Waals surface area contributed by atoms with Crippen molar-refractivity contribution in [2.75, 3.05) is 11.9 Å². The van der Waals surface area contributed by atoms with E-state index in [-0.39, 0.29) is 0 Å². The van der Waals surface area contributed by atoms with Crippen molar-refractivity contribution in [2.45, 2.75) is 12.4 Å². The molecule has 1 N–H and O–H groups in total. The number of aromatic amines is 1. The molecule has 0 saturated carbocycles. The Labute approximate surface area is 121 Å². The summed E-state index contributed by atoms with van der Waals surface area (Å²) in [4.78, 5) is 11.1. The Morgan fingerprint density at radius 3 is 2.85 bits per heavy atom. The molecule has 6 heteroatoms. The number of hydrogen-bond acceptors (Lipinski definition) is 4. The van der Waals surface area contributed by atoms with E-state index >= 15 is 0 Å². The third-order valence-electron chi connectivity index (χ3n) is 3.09. The van der Waals surface area contributed by atoms with E-state index in [2.05, 4.69) is 25.1 Å². The number of alkyl halides is 1. The summed E-state index contributed by atoms with van der Waals surface area (Å²) in [5.74, 6) is 1.82. The van der Waals surface area contributed by atoms with Gasteiger partial charge < -0.3 is 4.90 Å². The zero-order valence-corrected chi connectivity index (χ0v) is 11.8. The molecule has 0 spiro atoms. The summed E-state index contributed by atoms with van der Waals surface area (Å²) in [6.07, 6.45) is 3.69. The van der Waals surface area contributed by atoms with Gasteiger partial charge in [0.2, 0.25) is 0 Å². The summed E-state index contributed by atoms with van der Waals surface area (Å²) >= 11 is 5.89. The number of aromatic nitrogens is 4. The molecule has 0 bridgehead atoms. The van der Waals surface area contributed by atoms with E-state index in [1.54, 1.807) is 0 Å². The van der Waals surface area contributed by atoms with Gasteiger partial charge in [-0.1, -0.05) is 12.1 Å². The lowest BCUT2D eigenvalue weighted by molar-refractivity contribution is 0.889. The van der Waals surface area contributed by atoms with Crippen molar-refractivity contribution in [1.29, 1.82) is 0 Å². The second-order valence-electron chi connectivity index (χ2n) is 4.58. The molecule has 0 radical (unpaired) electrons. The molecule has 0 aliphatic carbocycles. The second-order valence-corrected chi connectivity index (χ2v) is 4.84. The molecule has 0 atom stereocenters. The number of fused-ring (bicyclic) bond motifs is 1. The lowest BCUT2D eigenvalue weighted by atomic mass is 10.2. The van der Waals surface area contributed by atoms with E-state index in [1.807, 2.05) is 43.7 Å². The van der Waals surface area contributed by atoms with Gasteiger partial charge in [0.25, 0.3) is 0 Å². The maximum Gasteiger partial charge on any atom is 0.146 e. The highest BCUT2D eigenvalue weighted by atomic mass is 35.5. The van der Waals surface area contributed by atoms with Crippen LogP contribution >= 0.6 is 11.6 Å². The molecule has 0 unspecified atom stereocenters. The summed E-state index contributed by atoms with van der Waals surface area (Å²) in [6.45, 7) is 0.721. The first-order chi connectivity index (χ1) is 9.78. The van der Waals surface area contributed by atoms with Crippen LogP contribution in [0.1, 0.15) is 11.4 Å². The van der Waals surface area contributed by atoms with Crippen molar-refractivity contribution >= 4 is 28.3 Å². The van der Waals surface area contributed by atoms with E-state index in [4.69, 9.17) is 11.6 Å². The molecular weight excluding hydrogens is 274 g/mol. The van der Waals surface area contributed by atoms with Gasteiger partial charge in [-0.2, -0.15) is 5.10 Å². The second kappa shape index (κ2) is 5.46. The summed E-state index contributed by atoms with van der Waals surface area (Å²) < 4.78 is 0. The maximum atomic E-state index is 5.89. The zero-order valence-electron chi connectivity index (χ0n) is 11.0. The third-order valence-corrected chi connectivity index (χ3v) is 3.32. The number of benzene rings is 1. The fourth-order valence-corrected chi connectivity index (χ4v) is 2.29. The van der Waals surface area contributed by atoms with Gasteiger partial charge in [-0.3, -0.25) is 5.10 Å². The standard InChI is InChI=1S/C14H14ClN5/c1-20(9-10-7-16-17-8-10)14-11-4-2-3-5-12(11)18-13(6-15)19-14/h2-5,7-8H,6,9H2,1H3,(H,16,17). The molecule has 3 rings (SSSR count). The minimum Gasteiger partial charge on any atom is -0.355 e. The monoisotopic (exact) mass is 287 g/mol. The molecular formula is C14H14ClN5. The smallest absolute Gasteiger partial charge is 0.146 e. The highest BCUT2D eigenvalue weighted by molar-refractivity contribution is 6.16. The van der Waals surface area contributed by atoms with Crippen molar-refractivity contribution in [3.05, 3.63) is 48.0 Å². The molecule has 0 aliphatic rings. The van der Waals surface area contributed by atoms with Crippen LogP contribution in [0.15, 0.2) is 36.7 Å². The molecule has 1 aromatic carbocycles. The maximum absolute atomic E-state index is 5.89. The number of H-pyrrole nitrogens is 1. The van der Waals surface area contributed by atoms with E-state index in [9.17, 15) is 0 Å². The summed E-state index contributed by atoms with van der Waals surface area (Å²) in [5, 5.41) is 7.80. The van der Waals surface area contributed by atoms with Gasteiger partial charge in [0, 0.05) is 30.7 Å². The predicted molar refractivity (Wildman–Crippen MR) is 79.8 cm³/mol. The number of halogens is 1. The normalized spacial score (nSPS) is 10.9. The van der Waals surface area contributed by atoms with Gasteiger partial charge in [0.05, 0.1) is 17.6 Å². The van der Waals surface area contributed by atoms with E-state index in [0.29, 0.717) is 11.7 Å². The topological polar surface area (TPSA) is 57.7 Å². The molecule has 5 nitrogen and oxygen atoms in total. The molecule has 20 heavy (non-hydrogen) atoms. The van der Waals surface area contributed by atoms with Crippen molar-refractivity contribution < 1.29 is 0 Å². The first kappa shape index (κ1) is 12.9. The van der Waals surface area contributed by atoms with Crippen molar-refractivity contribution in [2.24, 2.45) is 0 Å². The number of hydrogen-bond donors (Lipinski definition) is 1. The number of nitrogens with one attached hydrogen (secondary N) is 1. The Hall–Kier alpha value is -2.14. The molecule has 3 aromatic rings. The van der Waals surface area contributed by atoms with Crippen LogP contribution in [0.2, 0.25) is 0 Å². The Balaban J connectivity index is 2.04. The number of para-hydroxylation sites is 1. The Morgan fingerprint density at radius 1 is 1.25 bits per heavy atom. The number of nitrogens with zero attached hydrogens (tertiary/aromatic N) is 4. The minimum absolute atomic E-state index is 0.303. The Bertz CT molecular complexity index is 711. The molecule has 2 heterocycles. The molecule has 0 fully saturated rings. The summed E-state index contributed by atoms with van der Waals surface area (Å²) in [7, 11) is 2.00. The van der Waals surface area contributed by atoms with E-state index < -0.39 is 0 Å². The van der Waals surface area contributed by atoms with Crippen molar-refractivity contribution in [3.63, 3.8) is 0 Å². The first-order valence-corrected chi connectivity index (χ1v) is 6.82. The quantitative estimate of drug-likeness (QED) is 0.750. The zero-order chi connectivity index (χ0) is 13.9. The average molecular weight is 288 g/mol. The van der Waals surface area contributed by atoms with Crippen LogP contribution in [-0.2, 0) is 12.4 Å². The molecule has 2 aromatic heterocycles. The Kier molecular flexibility index (Phi) is 3.52. The fraction of sp³-hybridized carbons (Fsp3) is 0.214. The lowest BCUT2D eigenvalue weighted by Crippen LogP contribution is -2.18. The number of rotatable bonds is 4. The molecule has 0 saturated heterocycles. The lowest BCUT2D eigenvalue weighted by Gasteiger charge is -2.19. The van der Waals surface area contributed by atoms with Crippen LogP contribution < -0.4 is 4.90 Å². The SMILES string of the molecule is CN(Cc1cn[nH]c1)c1nc(CCl)nc2ccccc12. The van der Waals surface area contributed by atoms with Gasteiger partial charge in [0.1, 0.15) is 11.6 Å².